The van der Waals surface area contributed by atoms with Crippen LogP contribution in [0.2, 0.25) is 0 Å². The van der Waals surface area contributed by atoms with Crippen molar-refractivity contribution in [2.24, 2.45) is 0 Å². The molecule has 0 unspecified atom stereocenters. The van der Waals surface area contributed by atoms with E-state index in [1.807, 2.05) is 24.3 Å². The van der Waals surface area contributed by atoms with E-state index in [9.17, 15) is 4.79 Å². The Kier molecular flexibility index (Phi) is 11.8. The number of halogens is 2. The molecule has 0 radical (unpaired) electrons. The van der Waals surface area contributed by atoms with E-state index in [-0.39, 0.29) is 6.42 Å². The topological polar surface area (TPSA) is 115 Å². The third-order valence-electron chi connectivity index (χ3n) is 2.87. The summed E-state index contributed by atoms with van der Waals surface area (Å²) in [6, 6.07) is 8.14. The fraction of sp³-hybridized carbons (Fsp3) is 0.500. The van der Waals surface area contributed by atoms with Crippen LogP contribution in [0.4, 0.5) is 5.69 Å². The Balaban J connectivity index is 0.000000922. The Morgan fingerprint density at radius 2 is 1.50 bits per heavy atom. The molecule has 0 bridgehead atoms. The van der Waals surface area contributed by atoms with Crippen LogP contribution in [0.15, 0.2) is 24.3 Å². The van der Waals surface area contributed by atoms with Gasteiger partial charge in [-0.25, -0.2) is 0 Å². The molecule has 0 heterocycles. The number of benzene rings is 1. The summed E-state index contributed by atoms with van der Waals surface area (Å²) in [4.78, 5) is 12.6. The fourth-order valence-corrected chi connectivity index (χ4v) is 2.30. The molecule has 1 aromatic carbocycles. The van der Waals surface area contributed by atoms with E-state index >= 15 is 0 Å². The molecule has 10 heteroatoms. The monoisotopic (exact) mass is 401 g/mol. The number of alkyl halides is 2. The van der Waals surface area contributed by atoms with Gasteiger partial charge in [0.2, 0.25) is 0 Å². The summed E-state index contributed by atoms with van der Waals surface area (Å²) < 4.78 is 31.6. The second kappa shape index (κ2) is 12.3. The molecular formula is C14H21Cl2NO6S. The molecule has 0 aliphatic rings. The Morgan fingerprint density at radius 3 is 1.88 bits per heavy atom. The summed E-state index contributed by atoms with van der Waals surface area (Å²) in [7, 11) is -4.67. The van der Waals surface area contributed by atoms with Gasteiger partial charge in [0, 0.05) is 37.0 Å². The fourth-order valence-electron chi connectivity index (χ4n) is 1.89. The van der Waals surface area contributed by atoms with Crippen molar-refractivity contribution < 1.29 is 27.4 Å². The van der Waals surface area contributed by atoms with Crippen LogP contribution in [-0.2, 0) is 21.6 Å². The van der Waals surface area contributed by atoms with Crippen LogP contribution in [-0.4, -0.2) is 53.4 Å². The SMILES string of the molecule is O=C(O)CCCc1ccc(N(CCCl)CCCl)cc1.O=S(=O)(O)O. The average molecular weight is 402 g/mol. The van der Waals surface area contributed by atoms with Crippen LogP contribution in [0.3, 0.4) is 0 Å². The third kappa shape index (κ3) is 13.4. The number of aliphatic carboxylic acids is 1. The van der Waals surface area contributed by atoms with Crippen molar-refractivity contribution in [2.45, 2.75) is 19.3 Å². The summed E-state index contributed by atoms with van der Waals surface area (Å²) in [6.07, 6.45) is 1.67. The number of carboxylic acids is 1. The van der Waals surface area contributed by atoms with Crippen molar-refractivity contribution in [2.75, 3.05) is 29.7 Å². The van der Waals surface area contributed by atoms with Gasteiger partial charge in [0.05, 0.1) is 0 Å². The molecule has 0 atom stereocenters. The van der Waals surface area contributed by atoms with E-state index in [4.69, 9.17) is 45.8 Å². The molecular weight excluding hydrogens is 381 g/mol. The van der Waals surface area contributed by atoms with Gasteiger partial charge in [0.25, 0.3) is 0 Å². The largest absolute Gasteiger partial charge is 0.481 e. The highest BCUT2D eigenvalue weighted by molar-refractivity contribution is 7.79. The Morgan fingerprint density at radius 1 is 1.04 bits per heavy atom. The molecule has 0 saturated heterocycles. The number of carboxylic acid groups (broad SMARTS) is 1. The number of hydrogen-bond donors (Lipinski definition) is 3. The van der Waals surface area contributed by atoms with Crippen molar-refractivity contribution in [3.63, 3.8) is 0 Å². The molecule has 3 N–H and O–H groups in total. The second-order valence-electron chi connectivity index (χ2n) is 4.73. The molecule has 138 valence electrons. The van der Waals surface area contributed by atoms with Gasteiger partial charge >= 0.3 is 16.4 Å². The molecule has 0 aliphatic heterocycles. The predicted octanol–water partition coefficient (Wildman–Crippen LogP) is 2.73. The molecule has 1 aromatic rings. The van der Waals surface area contributed by atoms with Crippen molar-refractivity contribution in [1.29, 1.82) is 0 Å². The molecule has 0 fully saturated rings. The van der Waals surface area contributed by atoms with Gasteiger partial charge in [-0.2, -0.15) is 8.42 Å². The van der Waals surface area contributed by atoms with E-state index in [1.165, 1.54) is 0 Å². The van der Waals surface area contributed by atoms with E-state index in [1.54, 1.807) is 0 Å². The molecule has 0 aliphatic carbocycles. The maximum absolute atomic E-state index is 10.4. The van der Waals surface area contributed by atoms with Gasteiger partial charge in [0.1, 0.15) is 0 Å². The minimum Gasteiger partial charge on any atom is -0.481 e. The van der Waals surface area contributed by atoms with E-state index in [0.29, 0.717) is 18.2 Å². The van der Waals surface area contributed by atoms with Crippen LogP contribution in [0.25, 0.3) is 0 Å². The van der Waals surface area contributed by atoms with E-state index in [0.717, 1.165) is 30.8 Å². The predicted molar refractivity (Wildman–Crippen MR) is 94.8 cm³/mol. The lowest BCUT2D eigenvalue weighted by Crippen LogP contribution is -2.27. The molecule has 0 saturated carbocycles. The third-order valence-corrected chi connectivity index (χ3v) is 3.20. The van der Waals surface area contributed by atoms with Crippen molar-refractivity contribution >= 4 is 45.3 Å². The summed E-state index contributed by atoms with van der Waals surface area (Å²) in [5.74, 6) is 0.390. The van der Waals surface area contributed by atoms with Crippen molar-refractivity contribution in [3.8, 4) is 0 Å². The quantitative estimate of drug-likeness (QED) is 0.430. The van der Waals surface area contributed by atoms with Gasteiger partial charge in [-0.05, 0) is 30.5 Å². The first-order chi connectivity index (χ1) is 11.2. The average Bonchev–Trinajstić information content (AvgIpc) is 2.46. The molecule has 1 rings (SSSR count). The zero-order valence-corrected chi connectivity index (χ0v) is 15.3. The summed E-state index contributed by atoms with van der Waals surface area (Å²) in [6.45, 7) is 1.54. The van der Waals surface area contributed by atoms with Gasteiger partial charge in [-0.15, -0.1) is 23.2 Å². The number of nitrogens with zero attached hydrogens (tertiary/aromatic N) is 1. The Bertz CT molecular complexity index is 565. The molecule has 0 aromatic heterocycles. The summed E-state index contributed by atoms with van der Waals surface area (Å²) in [5.41, 5.74) is 2.25. The van der Waals surface area contributed by atoms with Crippen LogP contribution in [0.5, 0.6) is 0 Å². The van der Waals surface area contributed by atoms with Gasteiger partial charge in [-0.3, -0.25) is 13.9 Å². The minimum atomic E-state index is -4.67. The minimum absolute atomic E-state index is 0.215. The molecule has 24 heavy (non-hydrogen) atoms. The zero-order valence-electron chi connectivity index (χ0n) is 12.9. The van der Waals surface area contributed by atoms with E-state index < -0.39 is 16.4 Å². The first-order valence-electron chi connectivity index (χ1n) is 7.05. The zero-order chi connectivity index (χ0) is 18.6. The molecule has 0 amide bonds. The molecule has 0 spiro atoms. The smallest absolute Gasteiger partial charge is 0.394 e. The highest BCUT2D eigenvalue weighted by Gasteiger charge is 2.05. The highest BCUT2D eigenvalue weighted by Crippen LogP contribution is 2.16. The normalized spacial score (nSPS) is 10.7. The Hall–Kier alpha value is -1.06. The maximum atomic E-state index is 10.4. The Labute approximate surface area is 151 Å². The second-order valence-corrected chi connectivity index (χ2v) is 6.38. The van der Waals surface area contributed by atoms with Crippen LogP contribution in [0.1, 0.15) is 18.4 Å². The number of carbonyl (C=O) groups is 1. The van der Waals surface area contributed by atoms with Crippen LogP contribution < -0.4 is 4.90 Å². The number of anilines is 1. The van der Waals surface area contributed by atoms with Gasteiger partial charge < -0.3 is 10.0 Å². The van der Waals surface area contributed by atoms with Gasteiger partial charge in [-0.1, -0.05) is 12.1 Å². The lowest BCUT2D eigenvalue weighted by Gasteiger charge is -2.23. The van der Waals surface area contributed by atoms with Crippen molar-refractivity contribution in [3.05, 3.63) is 29.8 Å². The summed E-state index contributed by atoms with van der Waals surface area (Å²) >= 11 is 11.5. The number of aryl methyl sites for hydroxylation is 1. The maximum Gasteiger partial charge on any atom is 0.394 e. The summed E-state index contributed by atoms with van der Waals surface area (Å²) in [5, 5.41) is 8.59. The van der Waals surface area contributed by atoms with E-state index in [2.05, 4.69) is 4.90 Å². The van der Waals surface area contributed by atoms with Crippen molar-refractivity contribution in [1.82, 2.24) is 0 Å². The van der Waals surface area contributed by atoms with Crippen LogP contribution >= 0.6 is 23.2 Å². The number of rotatable bonds is 9. The standard InChI is InChI=1S/C14H19Cl2NO2.H2O4S/c15-8-10-17(11-9-16)13-6-4-12(5-7-13)2-1-3-14(18)19;1-5(2,3)4/h4-7H,1-3,8-11H2,(H,18,19);(H2,1,2,3,4). The first-order valence-corrected chi connectivity index (χ1v) is 9.51. The first kappa shape index (κ1) is 22.9. The van der Waals surface area contributed by atoms with Gasteiger partial charge in [0.15, 0.2) is 0 Å². The highest BCUT2D eigenvalue weighted by atomic mass is 35.5. The van der Waals surface area contributed by atoms with Crippen LogP contribution in [0, 0.1) is 0 Å². The number of hydrogen-bond acceptors (Lipinski definition) is 4. The lowest BCUT2D eigenvalue weighted by atomic mass is 10.1. The lowest BCUT2D eigenvalue weighted by molar-refractivity contribution is -0.137. The molecule has 7 nitrogen and oxygen atoms in total.